The van der Waals surface area contributed by atoms with E-state index in [-0.39, 0.29) is 0 Å². The fraction of sp³-hybridized carbons (Fsp3) is 0.438. The van der Waals surface area contributed by atoms with Gasteiger partial charge in [0.1, 0.15) is 0 Å². The summed E-state index contributed by atoms with van der Waals surface area (Å²) in [5, 5.41) is 1.26. The third-order valence-corrected chi connectivity index (χ3v) is 3.44. The lowest BCUT2D eigenvalue weighted by atomic mass is 9.94. The number of hydrogen-bond acceptors (Lipinski definition) is 1. The first-order valence-electron chi connectivity index (χ1n) is 6.66. The van der Waals surface area contributed by atoms with Crippen molar-refractivity contribution in [1.82, 2.24) is 4.98 Å². The van der Waals surface area contributed by atoms with Crippen LogP contribution < -0.4 is 0 Å². The van der Waals surface area contributed by atoms with Gasteiger partial charge >= 0.3 is 0 Å². The van der Waals surface area contributed by atoms with Crippen LogP contribution in [0.3, 0.4) is 0 Å². The van der Waals surface area contributed by atoms with Gasteiger partial charge in [0.2, 0.25) is 0 Å². The number of unbranched alkanes of at least 4 members (excludes halogenated alkanes) is 2. The largest absolute Gasteiger partial charge is 0.256 e. The molecule has 1 atom stereocenters. The Balaban J connectivity index is 2.12. The Bertz CT molecular complexity index is 476. The molecule has 0 aliphatic rings. The molecule has 2 aromatic rings. The summed E-state index contributed by atoms with van der Waals surface area (Å²) in [5.74, 6) is 0.658. The topological polar surface area (TPSA) is 12.9 Å². The Morgan fingerprint density at radius 2 is 2.06 bits per heavy atom. The fourth-order valence-corrected chi connectivity index (χ4v) is 2.27. The molecule has 1 heterocycles. The van der Waals surface area contributed by atoms with Crippen LogP contribution in [0.4, 0.5) is 0 Å². The van der Waals surface area contributed by atoms with Crippen molar-refractivity contribution < 1.29 is 0 Å². The minimum absolute atomic E-state index is 0.658. The van der Waals surface area contributed by atoms with Crippen molar-refractivity contribution in [3.8, 4) is 0 Å². The van der Waals surface area contributed by atoms with Gasteiger partial charge in [-0.05, 0) is 36.1 Å². The highest BCUT2D eigenvalue weighted by molar-refractivity contribution is 5.79. The molecule has 1 nitrogen and oxygen atoms in total. The summed E-state index contributed by atoms with van der Waals surface area (Å²) < 4.78 is 0. The molecule has 1 aromatic carbocycles. The summed E-state index contributed by atoms with van der Waals surface area (Å²) in [7, 11) is 0. The van der Waals surface area contributed by atoms with E-state index in [1.165, 1.54) is 36.6 Å². The summed E-state index contributed by atoms with van der Waals surface area (Å²) in [6.07, 6.45) is 7.13. The van der Waals surface area contributed by atoms with Gasteiger partial charge in [-0.2, -0.15) is 0 Å². The summed E-state index contributed by atoms with van der Waals surface area (Å²) in [6.45, 7) is 4.58. The molecule has 0 amide bonds. The molecule has 0 saturated heterocycles. The number of pyridine rings is 1. The van der Waals surface area contributed by atoms with Crippen LogP contribution in [-0.4, -0.2) is 4.98 Å². The highest BCUT2D eigenvalue weighted by atomic mass is 14.6. The minimum atomic E-state index is 0.658. The molecule has 0 aliphatic carbocycles. The maximum Gasteiger partial charge on any atom is 0.0702 e. The van der Waals surface area contributed by atoms with Crippen LogP contribution >= 0.6 is 0 Å². The Morgan fingerprint density at radius 1 is 1.18 bits per heavy atom. The standard InChI is InChI=1S/C16H21N/c1-3-4-5-7-13(2)14-9-10-16-15(12-14)8-6-11-17-16/h6,8-13H,3-5,7H2,1-2H3. The average Bonchev–Trinajstić information content (AvgIpc) is 2.38. The van der Waals surface area contributed by atoms with E-state index >= 15 is 0 Å². The van der Waals surface area contributed by atoms with E-state index in [9.17, 15) is 0 Å². The quantitative estimate of drug-likeness (QED) is 0.661. The van der Waals surface area contributed by atoms with Crippen molar-refractivity contribution in [3.05, 3.63) is 42.1 Å². The molecule has 1 aromatic heterocycles. The number of hydrogen-bond donors (Lipinski definition) is 0. The van der Waals surface area contributed by atoms with Gasteiger partial charge in [-0.25, -0.2) is 0 Å². The molecule has 17 heavy (non-hydrogen) atoms. The predicted molar refractivity (Wildman–Crippen MR) is 74.3 cm³/mol. The van der Waals surface area contributed by atoms with Crippen molar-refractivity contribution in [2.75, 3.05) is 0 Å². The summed E-state index contributed by atoms with van der Waals surface area (Å²) in [5.41, 5.74) is 2.54. The molecule has 2 rings (SSSR count). The molecule has 0 saturated carbocycles. The second-order valence-electron chi connectivity index (χ2n) is 4.85. The third-order valence-electron chi connectivity index (χ3n) is 3.44. The fourth-order valence-electron chi connectivity index (χ4n) is 2.27. The number of nitrogens with zero attached hydrogens (tertiary/aromatic N) is 1. The lowest BCUT2D eigenvalue weighted by Gasteiger charge is -2.12. The summed E-state index contributed by atoms with van der Waals surface area (Å²) >= 11 is 0. The van der Waals surface area contributed by atoms with Gasteiger partial charge in [-0.1, -0.05) is 45.2 Å². The molecular formula is C16H21N. The molecule has 0 N–H and O–H groups in total. The van der Waals surface area contributed by atoms with Crippen molar-refractivity contribution in [2.45, 2.75) is 45.4 Å². The second-order valence-corrected chi connectivity index (χ2v) is 4.85. The van der Waals surface area contributed by atoms with Gasteiger partial charge in [0, 0.05) is 11.6 Å². The molecule has 0 spiro atoms. The van der Waals surface area contributed by atoms with Crippen LogP contribution in [0.15, 0.2) is 36.5 Å². The zero-order valence-electron chi connectivity index (χ0n) is 10.8. The Hall–Kier alpha value is -1.37. The zero-order chi connectivity index (χ0) is 12.1. The van der Waals surface area contributed by atoms with E-state index in [2.05, 4.69) is 43.1 Å². The van der Waals surface area contributed by atoms with E-state index in [1.807, 2.05) is 12.3 Å². The van der Waals surface area contributed by atoms with Crippen molar-refractivity contribution in [2.24, 2.45) is 0 Å². The SMILES string of the molecule is CCCCCC(C)c1ccc2ncccc2c1. The lowest BCUT2D eigenvalue weighted by Crippen LogP contribution is -1.94. The Morgan fingerprint density at radius 3 is 2.88 bits per heavy atom. The lowest BCUT2D eigenvalue weighted by molar-refractivity contribution is 0.598. The Kier molecular flexibility index (Phi) is 4.13. The highest BCUT2D eigenvalue weighted by Gasteiger charge is 2.06. The van der Waals surface area contributed by atoms with Crippen LogP contribution in [0, 0.1) is 0 Å². The molecule has 0 bridgehead atoms. The van der Waals surface area contributed by atoms with Crippen LogP contribution in [0.2, 0.25) is 0 Å². The summed E-state index contributed by atoms with van der Waals surface area (Å²) in [4.78, 5) is 4.36. The summed E-state index contributed by atoms with van der Waals surface area (Å²) in [6, 6.07) is 10.8. The number of rotatable bonds is 5. The molecule has 0 radical (unpaired) electrons. The van der Waals surface area contributed by atoms with E-state index in [0.717, 1.165) is 5.52 Å². The number of aromatic nitrogens is 1. The zero-order valence-corrected chi connectivity index (χ0v) is 10.8. The predicted octanol–water partition coefficient (Wildman–Crippen LogP) is 4.92. The average molecular weight is 227 g/mol. The van der Waals surface area contributed by atoms with Crippen LogP contribution in [-0.2, 0) is 0 Å². The molecular weight excluding hydrogens is 206 g/mol. The van der Waals surface area contributed by atoms with Crippen molar-refractivity contribution in [1.29, 1.82) is 0 Å². The van der Waals surface area contributed by atoms with Gasteiger partial charge < -0.3 is 0 Å². The Labute approximate surface area is 104 Å². The van der Waals surface area contributed by atoms with E-state index < -0.39 is 0 Å². The minimum Gasteiger partial charge on any atom is -0.256 e. The molecule has 0 fully saturated rings. The van der Waals surface area contributed by atoms with Gasteiger partial charge in [-0.3, -0.25) is 4.98 Å². The molecule has 1 heteroatoms. The first-order valence-corrected chi connectivity index (χ1v) is 6.66. The first kappa shape index (κ1) is 12.1. The maximum absolute atomic E-state index is 4.36. The molecule has 0 aliphatic heterocycles. The molecule has 1 unspecified atom stereocenters. The van der Waals surface area contributed by atoms with E-state index in [4.69, 9.17) is 0 Å². The number of benzene rings is 1. The van der Waals surface area contributed by atoms with Gasteiger partial charge in [0.05, 0.1) is 5.52 Å². The smallest absolute Gasteiger partial charge is 0.0702 e. The first-order chi connectivity index (χ1) is 8.31. The van der Waals surface area contributed by atoms with Gasteiger partial charge in [-0.15, -0.1) is 0 Å². The van der Waals surface area contributed by atoms with Gasteiger partial charge in [0.25, 0.3) is 0 Å². The normalized spacial score (nSPS) is 12.8. The van der Waals surface area contributed by atoms with Crippen molar-refractivity contribution in [3.63, 3.8) is 0 Å². The second kappa shape index (κ2) is 5.81. The van der Waals surface area contributed by atoms with Crippen LogP contribution in [0.25, 0.3) is 10.9 Å². The highest BCUT2D eigenvalue weighted by Crippen LogP contribution is 2.24. The third kappa shape index (κ3) is 3.06. The van der Waals surface area contributed by atoms with Gasteiger partial charge in [0.15, 0.2) is 0 Å². The number of fused-ring (bicyclic) bond motifs is 1. The molecule has 90 valence electrons. The van der Waals surface area contributed by atoms with Crippen LogP contribution in [0.1, 0.15) is 51.0 Å². The van der Waals surface area contributed by atoms with Crippen molar-refractivity contribution >= 4 is 10.9 Å². The maximum atomic E-state index is 4.36. The monoisotopic (exact) mass is 227 g/mol. The van der Waals surface area contributed by atoms with E-state index in [1.54, 1.807) is 0 Å². The van der Waals surface area contributed by atoms with E-state index in [0.29, 0.717) is 5.92 Å². The van der Waals surface area contributed by atoms with Crippen LogP contribution in [0.5, 0.6) is 0 Å².